The van der Waals surface area contributed by atoms with Crippen molar-refractivity contribution in [3.63, 3.8) is 0 Å². The molecular weight excluding hydrogens is 332 g/mol. The normalized spacial score (nSPS) is 16.3. The molecule has 2 aliphatic rings. The van der Waals surface area contributed by atoms with Crippen molar-refractivity contribution in [3.8, 4) is 0 Å². The quantitative estimate of drug-likeness (QED) is 0.732. The molecule has 27 heavy (non-hydrogen) atoms. The van der Waals surface area contributed by atoms with Crippen LogP contribution in [0.2, 0.25) is 0 Å². The second-order valence-electron chi connectivity index (χ2n) is 6.39. The van der Waals surface area contributed by atoms with Gasteiger partial charge in [-0.15, -0.1) is 0 Å². The average Bonchev–Trinajstić information content (AvgIpc) is 3.01. The number of aliphatic hydroxyl groups is 1. The first-order valence-corrected chi connectivity index (χ1v) is 8.80. The number of aliphatic hydroxyl groups excluding tert-OH is 1. The predicted molar refractivity (Wildman–Crippen MR) is 110 cm³/mol. The van der Waals surface area contributed by atoms with E-state index in [9.17, 15) is 9.90 Å². The fraction of sp³-hybridized carbons (Fsp3) is 0. The van der Waals surface area contributed by atoms with Gasteiger partial charge in [-0.3, -0.25) is 4.79 Å². The Labute approximate surface area is 158 Å². The van der Waals surface area contributed by atoms with Crippen molar-refractivity contribution in [1.29, 1.82) is 0 Å². The fourth-order valence-electron chi connectivity index (χ4n) is 3.32. The van der Waals surface area contributed by atoms with Crippen molar-refractivity contribution in [2.75, 3.05) is 0 Å². The van der Waals surface area contributed by atoms with Gasteiger partial charge < -0.3 is 5.11 Å². The fourth-order valence-corrected chi connectivity index (χ4v) is 3.32. The number of carbonyl (C=O) groups is 1. The molecule has 130 valence electrons. The number of hydrogen-bond donors (Lipinski definition) is 1. The molecule has 0 spiro atoms. The van der Waals surface area contributed by atoms with Crippen LogP contribution < -0.4 is 0 Å². The highest BCUT2D eigenvalue weighted by molar-refractivity contribution is 5.95. The molecule has 2 nitrogen and oxygen atoms in total. The van der Waals surface area contributed by atoms with E-state index in [0.717, 1.165) is 34.1 Å². The lowest BCUT2D eigenvalue weighted by Gasteiger charge is -2.13. The topological polar surface area (TPSA) is 37.3 Å². The number of allylic oxidation sites excluding steroid dienone is 11. The van der Waals surface area contributed by atoms with Crippen molar-refractivity contribution in [2.45, 2.75) is 0 Å². The van der Waals surface area contributed by atoms with Crippen molar-refractivity contribution in [1.82, 2.24) is 0 Å². The van der Waals surface area contributed by atoms with Gasteiger partial charge in [-0.05, 0) is 46.1 Å². The summed E-state index contributed by atoms with van der Waals surface area (Å²) in [5, 5.41) is 10.7. The van der Waals surface area contributed by atoms with Gasteiger partial charge in [0.1, 0.15) is 12.0 Å². The lowest BCUT2D eigenvalue weighted by atomic mass is 9.91. The van der Waals surface area contributed by atoms with Crippen LogP contribution in [0.4, 0.5) is 0 Å². The molecule has 1 N–H and O–H groups in total. The van der Waals surface area contributed by atoms with Crippen LogP contribution in [0.15, 0.2) is 120 Å². The van der Waals surface area contributed by atoms with Crippen molar-refractivity contribution >= 4 is 17.4 Å². The highest BCUT2D eigenvalue weighted by Crippen LogP contribution is 2.37. The predicted octanol–water partition coefficient (Wildman–Crippen LogP) is 5.60. The SMILES string of the molecule is O=CC1=CC(O)=C2C=C(c3ccccc3)C=CC=C2C(c2ccccc2)=C1. The number of aldehydes is 1. The highest BCUT2D eigenvalue weighted by Gasteiger charge is 2.20. The van der Waals surface area contributed by atoms with Gasteiger partial charge in [-0.1, -0.05) is 78.9 Å². The zero-order valence-corrected chi connectivity index (χ0v) is 14.7. The van der Waals surface area contributed by atoms with Gasteiger partial charge in [0.05, 0.1) is 0 Å². The lowest BCUT2D eigenvalue weighted by molar-refractivity contribution is -0.104. The zero-order chi connectivity index (χ0) is 18.6. The molecule has 0 aromatic heterocycles. The molecule has 0 atom stereocenters. The number of hydrogen-bond acceptors (Lipinski definition) is 2. The smallest absolute Gasteiger partial charge is 0.150 e. The minimum atomic E-state index is 0.0858. The third-order valence-electron chi connectivity index (χ3n) is 4.64. The zero-order valence-electron chi connectivity index (χ0n) is 14.7. The standard InChI is InChI=1S/C25H18O2/c26-17-18-14-23(20-10-5-2-6-11-20)22-13-7-12-21(16-24(22)25(27)15-18)19-8-3-1-4-9-19/h1-17,27H. The summed E-state index contributed by atoms with van der Waals surface area (Å²) in [6.07, 6.45) is 12.1. The minimum Gasteiger partial charge on any atom is -0.507 e. The molecule has 0 saturated heterocycles. The Kier molecular flexibility index (Phi) is 4.54. The number of rotatable bonds is 3. The molecule has 0 unspecified atom stereocenters. The van der Waals surface area contributed by atoms with Crippen LogP contribution in [-0.4, -0.2) is 11.4 Å². The van der Waals surface area contributed by atoms with E-state index in [4.69, 9.17) is 0 Å². The van der Waals surface area contributed by atoms with Gasteiger partial charge in [0, 0.05) is 11.1 Å². The molecule has 0 saturated carbocycles. The van der Waals surface area contributed by atoms with E-state index >= 15 is 0 Å². The molecule has 0 radical (unpaired) electrons. The molecule has 0 bridgehead atoms. The van der Waals surface area contributed by atoms with E-state index in [1.165, 1.54) is 6.08 Å². The largest absolute Gasteiger partial charge is 0.507 e. The summed E-state index contributed by atoms with van der Waals surface area (Å²) >= 11 is 0. The summed E-state index contributed by atoms with van der Waals surface area (Å²) < 4.78 is 0. The Morgan fingerprint density at radius 1 is 0.741 bits per heavy atom. The summed E-state index contributed by atoms with van der Waals surface area (Å²) in [7, 11) is 0. The second kappa shape index (κ2) is 7.30. The van der Waals surface area contributed by atoms with Crippen molar-refractivity contribution in [2.24, 2.45) is 0 Å². The summed E-state index contributed by atoms with van der Waals surface area (Å²) in [5.74, 6) is 0.0858. The van der Waals surface area contributed by atoms with Gasteiger partial charge in [-0.25, -0.2) is 0 Å². The lowest BCUT2D eigenvalue weighted by Crippen LogP contribution is -1.95. The maximum Gasteiger partial charge on any atom is 0.150 e. The summed E-state index contributed by atoms with van der Waals surface area (Å²) in [6, 6.07) is 19.9. The first-order valence-electron chi connectivity index (χ1n) is 8.80. The van der Waals surface area contributed by atoms with E-state index in [0.29, 0.717) is 11.1 Å². The molecule has 2 aromatic carbocycles. The Bertz CT molecular complexity index is 1060. The van der Waals surface area contributed by atoms with Gasteiger partial charge in [0.2, 0.25) is 0 Å². The number of fused-ring (bicyclic) bond motifs is 1. The van der Waals surface area contributed by atoms with Gasteiger partial charge in [0.25, 0.3) is 0 Å². The van der Waals surface area contributed by atoms with Crippen LogP contribution in [0.25, 0.3) is 11.1 Å². The third kappa shape index (κ3) is 3.38. The van der Waals surface area contributed by atoms with Gasteiger partial charge in [-0.2, -0.15) is 0 Å². The molecule has 2 heteroatoms. The molecule has 2 aliphatic carbocycles. The summed E-state index contributed by atoms with van der Waals surface area (Å²) in [5.41, 5.74) is 5.99. The van der Waals surface area contributed by atoms with Crippen LogP contribution in [-0.2, 0) is 4.79 Å². The molecule has 4 rings (SSSR count). The van der Waals surface area contributed by atoms with Crippen LogP contribution in [0.1, 0.15) is 11.1 Å². The highest BCUT2D eigenvalue weighted by atomic mass is 16.3. The molecule has 0 heterocycles. The maximum absolute atomic E-state index is 11.5. The van der Waals surface area contributed by atoms with Crippen LogP contribution in [0.3, 0.4) is 0 Å². The van der Waals surface area contributed by atoms with Crippen molar-refractivity contribution in [3.05, 3.63) is 131 Å². The Hall–Kier alpha value is -3.65. The average molecular weight is 350 g/mol. The Balaban J connectivity index is 1.92. The first kappa shape index (κ1) is 16.8. The minimum absolute atomic E-state index is 0.0858. The Morgan fingerprint density at radius 3 is 2.07 bits per heavy atom. The van der Waals surface area contributed by atoms with Crippen LogP contribution in [0, 0.1) is 0 Å². The van der Waals surface area contributed by atoms with Crippen molar-refractivity contribution < 1.29 is 9.90 Å². The number of benzene rings is 2. The molecule has 0 fully saturated rings. The monoisotopic (exact) mass is 350 g/mol. The van der Waals surface area contributed by atoms with E-state index in [-0.39, 0.29) is 5.76 Å². The van der Waals surface area contributed by atoms with Crippen LogP contribution >= 0.6 is 0 Å². The Morgan fingerprint density at radius 2 is 1.41 bits per heavy atom. The molecular formula is C25H18O2. The maximum atomic E-state index is 11.5. The van der Waals surface area contributed by atoms with E-state index in [2.05, 4.69) is 0 Å². The summed E-state index contributed by atoms with van der Waals surface area (Å²) in [4.78, 5) is 11.5. The third-order valence-corrected chi connectivity index (χ3v) is 4.64. The number of carbonyl (C=O) groups excluding carboxylic acids is 1. The van der Waals surface area contributed by atoms with E-state index in [1.807, 2.05) is 91.0 Å². The van der Waals surface area contributed by atoms with Gasteiger partial charge >= 0.3 is 0 Å². The first-order chi connectivity index (χ1) is 13.3. The summed E-state index contributed by atoms with van der Waals surface area (Å²) in [6.45, 7) is 0. The van der Waals surface area contributed by atoms with Gasteiger partial charge in [0.15, 0.2) is 0 Å². The van der Waals surface area contributed by atoms with E-state index < -0.39 is 0 Å². The van der Waals surface area contributed by atoms with E-state index in [1.54, 1.807) is 0 Å². The molecule has 0 amide bonds. The second-order valence-corrected chi connectivity index (χ2v) is 6.39. The molecule has 0 aliphatic heterocycles. The molecule has 2 aromatic rings. The van der Waals surface area contributed by atoms with Crippen LogP contribution in [0.5, 0.6) is 0 Å².